The number of nitrogens with two attached hydrogens (primary N) is 1. The Bertz CT molecular complexity index is 503. The molecule has 0 aromatic heterocycles. The van der Waals surface area contributed by atoms with Crippen molar-refractivity contribution in [2.24, 2.45) is 5.73 Å². The van der Waals surface area contributed by atoms with Crippen LogP contribution in [0, 0.1) is 0 Å². The summed E-state index contributed by atoms with van der Waals surface area (Å²) in [6, 6.07) is 6.20. The van der Waals surface area contributed by atoms with Crippen LogP contribution >= 0.6 is 35.8 Å². The Kier molecular flexibility index (Phi) is 12.0. The van der Waals surface area contributed by atoms with Crippen molar-refractivity contribution in [2.45, 2.75) is 18.9 Å². The van der Waals surface area contributed by atoms with Crippen molar-refractivity contribution in [1.82, 2.24) is 10.6 Å². The molecule has 1 atom stereocenters. The fraction of sp³-hybridized carbons (Fsp3) is 0.467. The molecule has 1 aromatic rings. The molecule has 0 fully saturated rings. The van der Waals surface area contributed by atoms with Crippen LogP contribution in [-0.4, -0.2) is 43.0 Å². The van der Waals surface area contributed by atoms with Crippen LogP contribution in [0.1, 0.15) is 23.2 Å². The van der Waals surface area contributed by atoms with Crippen molar-refractivity contribution in [1.29, 1.82) is 0 Å². The lowest BCUT2D eigenvalue weighted by molar-refractivity contribution is -0.123. The van der Waals surface area contributed by atoms with Gasteiger partial charge in [-0.1, -0.05) is 23.7 Å². The Morgan fingerprint density at radius 2 is 2.04 bits per heavy atom. The van der Waals surface area contributed by atoms with E-state index in [1.165, 1.54) is 0 Å². The molecule has 0 aliphatic carbocycles. The maximum atomic E-state index is 12.3. The summed E-state index contributed by atoms with van der Waals surface area (Å²) in [5, 5.41) is 5.91. The van der Waals surface area contributed by atoms with Gasteiger partial charge in [0.2, 0.25) is 5.91 Å². The van der Waals surface area contributed by atoms with Gasteiger partial charge in [-0.05, 0) is 43.5 Å². The molecule has 0 heterocycles. The van der Waals surface area contributed by atoms with Crippen LogP contribution in [0.25, 0.3) is 0 Å². The second-order valence-electron chi connectivity index (χ2n) is 4.72. The van der Waals surface area contributed by atoms with Crippen LogP contribution in [-0.2, 0) is 4.79 Å². The van der Waals surface area contributed by atoms with Gasteiger partial charge < -0.3 is 16.4 Å². The van der Waals surface area contributed by atoms with Crippen molar-refractivity contribution in [3.8, 4) is 0 Å². The smallest absolute Gasteiger partial charge is 0.253 e. The highest BCUT2D eigenvalue weighted by Gasteiger charge is 2.21. The molecule has 2 amide bonds. The average Bonchev–Trinajstić information content (AvgIpc) is 2.51. The summed E-state index contributed by atoms with van der Waals surface area (Å²) in [6.45, 7) is 1.02. The quantitative estimate of drug-likeness (QED) is 0.573. The zero-order chi connectivity index (χ0) is 16.4. The van der Waals surface area contributed by atoms with Crippen molar-refractivity contribution in [2.75, 3.05) is 25.1 Å². The van der Waals surface area contributed by atoms with E-state index in [-0.39, 0.29) is 24.2 Å². The molecule has 5 nitrogen and oxygen atoms in total. The highest BCUT2D eigenvalue weighted by atomic mass is 35.5. The number of benzene rings is 1. The van der Waals surface area contributed by atoms with Crippen LogP contribution < -0.4 is 16.4 Å². The minimum Gasteiger partial charge on any atom is -0.354 e. The van der Waals surface area contributed by atoms with Gasteiger partial charge in [-0.25, -0.2) is 0 Å². The highest BCUT2D eigenvalue weighted by Crippen LogP contribution is 2.15. The molecule has 0 radical (unpaired) electrons. The molecule has 0 spiro atoms. The van der Waals surface area contributed by atoms with Crippen LogP contribution in [0.3, 0.4) is 0 Å². The summed E-state index contributed by atoms with van der Waals surface area (Å²) in [6.07, 6.45) is 3.23. The number of halogens is 2. The van der Waals surface area contributed by atoms with Gasteiger partial charge in [0.15, 0.2) is 0 Å². The lowest BCUT2D eigenvalue weighted by atomic mass is 10.1. The van der Waals surface area contributed by atoms with Crippen LogP contribution in [0.2, 0.25) is 5.02 Å². The number of carbonyl (C=O) groups excluding carboxylic acids is 2. The van der Waals surface area contributed by atoms with Crippen LogP contribution in [0.4, 0.5) is 0 Å². The van der Waals surface area contributed by atoms with E-state index in [1.807, 2.05) is 6.26 Å². The van der Waals surface area contributed by atoms with Crippen LogP contribution in [0.15, 0.2) is 24.3 Å². The van der Waals surface area contributed by atoms with E-state index in [9.17, 15) is 9.59 Å². The SMILES string of the molecule is CSCCC(NC(=O)c1ccccc1Cl)C(=O)NCCCN.Cl. The molecule has 0 aliphatic rings. The Hall–Kier alpha value is -0.950. The number of thioether (sulfide) groups is 1. The minimum absolute atomic E-state index is 0. The van der Waals surface area contributed by atoms with Crippen molar-refractivity contribution in [3.05, 3.63) is 34.9 Å². The lowest BCUT2D eigenvalue weighted by Crippen LogP contribution is -2.47. The van der Waals surface area contributed by atoms with E-state index in [0.717, 1.165) is 5.75 Å². The predicted molar refractivity (Wildman–Crippen MR) is 99.6 cm³/mol. The van der Waals surface area contributed by atoms with Crippen LogP contribution in [0.5, 0.6) is 0 Å². The molecule has 0 aliphatic heterocycles. The van der Waals surface area contributed by atoms with E-state index < -0.39 is 6.04 Å². The largest absolute Gasteiger partial charge is 0.354 e. The molecule has 0 saturated heterocycles. The Morgan fingerprint density at radius 1 is 1.35 bits per heavy atom. The van der Waals surface area contributed by atoms with Gasteiger partial charge in [0.1, 0.15) is 6.04 Å². The van der Waals surface area contributed by atoms with Gasteiger partial charge in [0, 0.05) is 6.54 Å². The van der Waals surface area contributed by atoms with Gasteiger partial charge in [-0.3, -0.25) is 9.59 Å². The summed E-state index contributed by atoms with van der Waals surface area (Å²) in [7, 11) is 0. The third kappa shape index (κ3) is 7.92. The van der Waals surface area contributed by atoms with Gasteiger partial charge in [-0.15, -0.1) is 12.4 Å². The van der Waals surface area contributed by atoms with Gasteiger partial charge in [0.25, 0.3) is 5.91 Å². The Balaban J connectivity index is 0.00000484. The standard InChI is InChI=1S/C15H22ClN3O2S.ClH/c1-22-10-7-13(15(21)18-9-4-8-17)19-14(20)11-5-2-3-6-12(11)16;/h2-3,5-6,13H,4,7-10,17H2,1H3,(H,18,21)(H,19,20);1H. The molecule has 1 aromatic carbocycles. The van der Waals surface area contributed by atoms with Crippen molar-refractivity contribution >= 4 is 47.6 Å². The van der Waals surface area contributed by atoms with E-state index in [2.05, 4.69) is 10.6 Å². The van der Waals surface area contributed by atoms with E-state index in [1.54, 1.807) is 36.0 Å². The Morgan fingerprint density at radius 3 is 2.65 bits per heavy atom. The van der Waals surface area contributed by atoms with Gasteiger partial charge >= 0.3 is 0 Å². The first kappa shape index (κ1) is 22.1. The second-order valence-corrected chi connectivity index (χ2v) is 6.11. The number of hydrogen-bond donors (Lipinski definition) is 3. The number of hydrogen-bond acceptors (Lipinski definition) is 4. The monoisotopic (exact) mass is 379 g/mol. The molecule has 4 N–H and O–H groups in total. The lowest BCUT2D eigenvalue weighted by Gasteiger charge is -2.18. The van der Waals surface area contributed by atoms with E-state index in [4.69, 9.17) is 17.3 Å². The predicted octanol–water partition coefficient (Wildman–Crippen LogP) is 2.08. The molecular weight excluding hydrogens is 357 g/mol. The topological polar surface area (TPSA) is 84.2 Å². The number of amides is 2. The fourth-order valence-corrected chi connectivity index (χ4v) is 2.52. The molecule has 1 rings (SSSR count). The van der Waals surface area contributed by atoms with Gasteiger partial charge in [0.05, 0.1) is 10.6 Å². The average molecular weight is 380 g/mol. The van der Waals surface area contributed by atoms with E-state index in [0.29, 0.717) is 36.5 Å². The third-order valence-electron chi connectivity index (χ3n) is 3.03. The minimum atomic E-state index is -0.575. The molecule has 23 heavy (non-hydrogen) atoms. The number of rotatable bonds is 9. The molecule has 0 bridgehead atoms. The Labute approximate surface area is 152 Å². The van der Waals surface area contributed by atoms with Crippen molar-refractivity contribution < 1.29 is 9.59 Å². The maximum Gasteiger partial charge on any atom is 0.253 e. The zero-order valence-electron chi connectivity index (χ0n) is 13.0. The summed E-state index contributed by atoms with van der Waals surface area (Å²) in [4.78, 5) is 24.4. The van der Waals surface area contributed by atoms with E-state index >= 15 is 0 Å². The summed E-state index contributed by atoms with van der Waals surface area (Å²) < 4.78 is 0. The number of carbonyl (C=O) groups is 2. The summed E-state index contributed by atoms with van der Waals surface area (Å²) in [5.74, 6) is 0.242. The third-order valence-corrected chi connectivity index (χ3v) is 4.00. The maximum absolute atomic E-state index is 12.3. The molecule has 130 valence electrons. The van der Waals surface area contributed by atoms with Crippen molar-refractivity contribution in [3.63, 3.8) is 0 Å². The first-order chi connectivity index (χ1) is 10.6. The highest BCUT2D eigenvalue weighted by molar-refractivity contribution is 7.98. The molecular formula is C15H23Cl2N3O2S. The zero-order valence-corrected chi connectivity index (χ0v) is 15.4. The second kappa shape index (κ2) is 12.5. The fourth-order valence-electron chi connectivity index (χ4n) is 1.82. The van der Waals surface area contributed by atoms with Gasteiger partial charge in [-0.2, -0.15) is 11.8 Å². The number of nitrogens with one attached hydrogen (secondary N) is 2. The molecule has 0 saturated carbocycles. The normalized spacial score (nSPS) is 11.3. The summed E-state index contributed by atoms with van der Waals surface area (Å²) >= 11 is 7.63. The first-order valence-corrected chi connectivity index (χ1v) is 8.89. The first-order valence-electron chi connectivity index (χ1n) is 7.12. The summed E-state index contributed by atoms with van der Waals surface area (Å²) in [5.41, 5.74) is 5.77. The molecule has 1 unspecified atom stereocenters. The molecule has 8 heteroatoms.